The molecule has 3 heteroatoms. The molecule has 1 aliphatic rings. The first-order valence-electron chi connectivity index (χ1n) is 3.72. The SMILES string of the molecule is Oc1cc2c(cc1O)CNC=C2. The minimum absolute atomic E-state index is 0.0640. The average Bonchev–Trinajstić information content (AvgIpc) is 2.07. The number of phenols is 2. The van der Waals surface area contributed by atoms with Crippen LogP contribution in [0.15, 0.2) is 18.3 Å². The third kappa shape index (κ3) is 0.993. The average molecular weight is 163 g/mol. The van der Waals surface area contributed by atoms with Crippen LogP contribution in [0.25, 0.3) is 6.08 Å². The van der Waals surface area contributed by atoms with E-state index in [0.29, 0.717) is 6.54 Å². The molecule has 0 radical (unpaired) electrons. The van der Waals surface area contributed by atoms with E-state index in [2.05, 4.69) is 5.32 Å². The summed E-state index contributed by atoms with van der Waals surface area (Å²) in [5, 5.41) is 21.4. The maximum absolute atomic E-state index is 9.17. The molecular weight excluding hydrogens is 154 g/mol. The second kappa shape index (κ2) is 2.44. The number of benzene rings is 1. The first-order chi connectivity index (χ1) is 5.77. The highest BCUT2D eigenvalue weighted by molar-refractivity contribution is 5.60. The van der Waals surface area contributed by atoms with E-state index in [-0.39, 0.29) is 11.5 Å². The van der Waals surface area contributed by atoms with Gasteiger partial charge in [0, 0.05) is 6.54 Å². The third-order valence-electron chi connectivity index (χ3n) is 1.91. The Morgan fingerprint density at radius 3 is 2.75 bits per heavy atom. The Labute approximate surface area is 70.0 Å². The van der Waals surface area contributed by atoms with Crippen molar-refractivity contribution in [3.05, 3.63) is 29.5 Å². The van der Waals surface area contributed by atoms with E-state index in [1.54, 1.807) is 12.1 Å². The van der Waals surface area contributed by atoms with Crippen LogP contribution < -0.4 is 5.32 Å². The molecule has 1 aromatic rings. The molecule has 0 spiro atoms. The van der Waals surface area contributed by atoms with Gasteiger partial charge in [0.1, 0.15) is 0 Å². The molecule has 0 fully saturated rings. The lowest BCUT2D eigenvalue weighted by Crippen LogP contribution is -2.09. The van der Waals surface area contributed by atoms with Crippen LogP contribution in [0.2, 0.25) is 0 Å². The fraction of sp³-hybridized carbons (Fsp3) is 0.111. The smallest absolute Gasteiger partial charge is 0.158 e. The topological polar surface area (TPSA) is 52.5 Å². The fourth-order valence-electron chi connectivity index (χ4n) is 1.26. The molecule has 0 saturated heterocycles. The molecule has 0 unspecified atom stereocenters. The molecule has 0 saturated carbocycles. The van der Waals surface area contributed by atoms with Crippen molar-refractivity contribution in [2.24, 2.45) is 0 Å². The van der Waals surface area contributed by atoms with Gasteiger partial charge in [0.25, 0.3) is 0 Å². The van der Waals surface area contributed by atoms with Gasteiger partial charge < -0.3 is 15.5 Å². The van der Waals surface area contributed by atoms with Gasteiger partial charge in [-0.15, -0.1) is 0 Å². The van der Waals surface area contributed by atoms with Crippen molar-refractivity contribution in [3.8, 4) is 11.5 Å². The number of rotatable bonds is 0. The lowest BCUT2D eigenvalue weighted by molar-refractivity contribution is 0.403. The number of hydrogen-bond acceptors (Lipinski definition) is 3. The zero-order valence-corrected chi connectivity index (χ0v) is 6.41. The molecule has 0 atom stereocenters. The predicted octanol–water partition coefficient (Wildman–Crippen LogP) is 1.17. The summed E-state index contributed by atoms with van der Waals surface area (Å²) in [5.74, 6) is -0.133. The molecule has 2 rings (SSSR count). The van der Waals surface area contributed by atoms with Crippen LogP contribution in [0.3, 0.4) is 0 Å². The van der Waals surface area contributed by atoms with Gasteiger partial charge in [0.2, 0.25) is 0 Å². The van der Waals surface area contributed by atoms with Crippen LogP contribution in [0.4, 0.5) is 0 Å². The quantitative estimate of drug-likeness (QED) is 0.503. The van der Waals surface area contributed by atoms with Gasteiger partial charge in [-0.25, -0.2) is 0 Å². The highest BCUT2D eigenvalue weighted by Crippen LogP contribution is 2.29. The number of aromatic hydroxyl groups is 2. The predicted molar refractivity (Wildman–Crippen MR) is 45.6 cm³/mol. The van der Waals surface area contributed by atoms with Gasteiger partial charge >= 0.3 is 0 Å². The summed E-state index contributed by atoms with van der Waals surface area (Å²) >= 11 is 0. The normalized spacial score (nSPS) is 13.7. The van der Waals surface area contributed by atoms with Crippen molar-refractivity contribution >= 4 is 6.08 Å². The molecule has 0 aromatic heterocycles. The molecular formula is C9H9NO2. The molecule has 0 amide bonds. The van der Waals surface area contributed by atoms with E-state index in [4.69, 9.17) is 0 Å². The van der Waals surface area contributed by atoms with Crippen LogP contribution in [0.1, 0.15) is 11.1 Å². The van der Waals surface area contributed by atoms with Gasteiger partial charge in [-0.2, -0.15) is 0 Å². The molecule has 1 heterocycles. The largest absolute Gasteiger partial charge is 0.504 e. The molecule has 0 aliphatic carbocycles. The first-order valence-corrected chi connectivity index (χ1v) is 3.72. The molecule has 1 aliphatic heterocycles. The van der Waals surface area contributed by atoms with Crippen LogP contribution in [-0.2, 0) is 6.54 Å². The van der Waals surface area contributed by atoms with Crippen LogP contribution in [0, 0.1) is 0 Å². The summed E-state index contributed by atoms with van der Waals surface area (Å²) in [6.45, 7) is 0.694. The minimum Gasteiger partial charge on any atom is -0.504 e. The van der Waals surface area contributed by atoms with Gasteiger partial charge in [-0.05, 0) is 35.5 Å². The molecule has 1 aromatic carbocycles. The molecule has 3 nitrogen and oxygen atoms in total. The molecule has 3 N–H and O–H groups in total. The maximum atomic E-state index is 9.17. The Kier molecular flexibility index (Phi) is 1.43. The summed E-state index contributed by atoms with van der Waals surface area (Å²) < 4.78 is 0. The van der Waals surface area contributed by atoms with E-state index in [1.807, 2.05) is 12.3 Å². The summed E-state index contributed by atoms with van der Waals surface area (Å²) in [5.41, 5.74) is 1.94. The molecule has 12 heavy (non-hydrogen) atoms. The second-order valence-electron chi connectivity index (χ2n) is 2.75. The van der Waals surface area contributed by atoms with E-state index < -0.39 is 0 Å². The fourth-order valence-corrected chi connectivity index (χ4v) is 1.26. The Bertz CT molecular complexity index is 345. The molecule has 62 valence electrons. The van der Waals surface area contributed by atoms with E-state index in [9.17, 15) is 10.2 Å². The van der Waals surface area contributed by atoms with E-state index in [0.717, 1.165) is 11.1 Å². The van der Waals surface area contributed by atoms with Gasteiger partial charge in [-0.1, -0.05) is 0 Å². The maximum Gasteiger partial charge on any atom is 0.158 e. The number of fused-ring (bicyclic) bond motifs is 1. The summed E-state index contributed by atoms with van der Waals surface area (Å²) in [7, 11) is 0. The number of nitrogens with one attached hydrogen (secondary N) is 1. The highest BCUT2D eigenvalue weighted by atomic mass is 16.3. The Balaban J connectivity index is 2.58. The van der Waals surface area contributed by atoms with Crippen molar-refractivity contribution in [2.75, 3.05) is 0 Å². The van der Waals surface area contributed by atoms with Crippen LogP contribution in [0.5, 0.6) is 11.5 Å². The van der Waals surface area contributed by atoms with Crippen molar-refractivity contribution in [2.45, 2.75) is 6.54 Å². The zero-order chi connectivity index (χ0) is 8.55. The standard InChI is InChI=1S/C9H9NO2/c11-8-3-6-1-2-10-5-7(6)4-9(8)12/h1-4,10-12H,5H2. The van der Waals surface area contributed by atoms with Crippen LogP contribution >= 0.6 is 0 Å². The monoisotopic (exact) mass is 163 g/mol. The Hall–Kier alpha value is -1.64. The third-order valence-corrected chi connectivity index (χ3v) is 1.91. The van der Waals surface area contributed by atoms with Gasteiger partial charge in [0.15, 0.2) is 11.5 Å². The zero-order valence-electron chi connectivity index (χ0n) is 6.41. The van der Waals surface area contributed by atoms with Gasteiger partial charge in [-0.3, -0.25) is 0 Å². The minimum atomic E-state index is -0.0692. The number of phenolic OH excluding ortho intramolecular Hbond substituents is 2. The van der Waals surface area contributed by atoms with Gasteiger partial charge in [0.05, 0.1) is 0 Å². The summed E-state index contributed by atoms with van der Waals surface area (Å²) in [6, 6.07) is 3.13. The van der Waals surface area contributed by atoms with Crippen LogP contribution in [-0.4, -0.2) is 10.2 Å². The second-order valence-corrected chi connectivity index (χ2v) is 2.75. The lowest BCUT2D eigenvalue weighted by Gasteiger charge is -2.12. The van der Waals surface area contributed by atoms with E-state index in [1.165, 1.54) is 0 Å². The number of hydrogen-bond donors (Lipinski definition) is 3. The summed E-state index contributed by atoms with van der Waals surface area (Å²) in [6.07, 6.45) is 3.68. The van der Waals surface area contributed by atoms with Crippen molar-refractivity contribution in [1.82, 2.24) is 5.32 Å². The van der Waals surface area contributed by atoms with Crippen molar-refractivity contribution in [3.63, 3.8) is 0 Å². The highest BCUT2D eigenvalue weighted by Gasteiger charge is 2.07. The van der Waals surface area contributed by atoms with Crippen molar-refractivity contribution < 1.29 is 10.2 Å². The first kappa shape index (κ1) is 7.03. The lowest BCUT2D eigenvalue weighted by atomic mass is 10.0. The van der Waals surface area contributed by atoms with E-state index >= 15 is 0 Å². The Morgan fingerprint density at radius 2 is 1.92 bits per heavy atom. The molecule has 0 bridgehead atoms. The van der Waals surface area contributed by atoms with Crippen molar-refractivity contribution in [1.29, 1.82) is 0 Å². The summed E-state index contributed by atoms with van der Waals surface area (Å²) in [4.78, 5) is 0. The Morgan fingerprint density at radius 1 is 1.17 bits per heavy atom.